The van der Waals surface area contributed by atoms with Gasteiger partial charge in [-0.25, -0.2) is 4.79 Å². The van der Waals surface area contributed by atoms with E-state index in [0.717, 1.165) is 0 Å². The zero-order chi connectivity index (χ0) is 18.3. The summed E-state index contributed by atoms with van der Waals surface area (Å²) >= 11 is 0. The van der Waals surface area contributed by atoms with Crippen LogP contribution in [0.1, 0.15) is 51.9 Å². The molecule has 0 aliphatic heterocycles. The van der Waals surface area contributed by atoms with Crippen molar-refractivity contribution < 1.29 is 34.4 Å². The first-order valence-corrected chi connectivity index (χ1v) is 8.84. The summed E-state index contributed by atoms with van der Waals surface area (Å²) in [6.45, 7) is 1.64. The average Bonchev–Trinajstić information content (AvgIpc) is 2.49. The predicted octanol–water partition coefficient (Wildman–Crippen LogP) is 1.37. The van der Waals surface area contributed by atoms with Crippen molar-refractivity contribution in [1.82, 2.24) is 0 Å². The summed E-state index contributed by atoms with van der Waals surface area (Å²) in [6.07, 6.45) is 4.55. The maximum Gasteiger partial charge on any atom is 0.373 e. The number of allylic oxidation sites excluding steroid dienone is 1. The molecule has 25 heavy (non-hydrogen) atoms. The molecule has 4 saturated carbocycles. The van der Waals surface area contributed by atoms with Crippen molar-refractivity contribution in [1.29, 1.82) is 0 Å². The van der Waals surface area contributed by atoms with Crippen LogP contribution in [-0.4, -0.2) is 51.7 Å². The second-order valence-electron chi connectivity index (χ2n) is 8.04. The maximum atomic E-state index is 12.6. The summed E-state index contributed by atoms with van der Waals surface area (Å²) < 4.78 is 10.2. The van der Waals surface area contributed by atoms with Crippen molar-refractivity contribution in [2.45, 2.75) is 63.1 Å². The van der Waals surface area contributed by atoms with E-state index in [2.05, 4.69) is 0 Å². The highest BCUT2D eigenvalue weighted by Crippen LogP contribution is 2.63. The minimum Gasteiger partial charge on any atom is -0.502 e. The Labute approximate surface area is 146 Å². The van der Waals surface area contributed by atoms with Gasteiger partial charge in [-0.15, -0.1) is 0 Å². The molecule has 0 aromatic heterocycles. The van der Waals surface area contributed by atoms with Crippen molar-refractivity contribution >= 4 is 11.9 Å². The predicted molar refractivity (Wildman–Crippen MR) is 86.4 cm³/mol. The van der Waals surface area contributed by atoms with Crippen molar-refractivity contribution in [2.75, 3.05) is 13.2 Å². The molecule has 7 nitrogen and oxygen atoms in total. The number of hydrogen-bond donors (Lipinski definition) is 3. The molecule has 7 heteroatoms. The Kier molecular flexibility index (Phi) is 4.58. The van der Waals surface area contributed by atoms with Gasteiger partial charge in [-0.3, -0.25) is 4.79 Å². The van der Waals surface area contributed by atoms with Crippen molar-refractivity contribution in [3.63, 3.8) is 0 Å². The highest BCUT2D eigenvalue weighted by Gasteiger charge is 2.65. The van der Waals surface area contributed by atoms with E-state index in [1.807, 2.05) is 0 Å². The van der Waals surface area contributed by atoms with Crippen molar-refractivity contribution in [3.8, 4) is 0 Å². The smallest absolute Gasteiger partial charge is 0.373 e. The topological polar surface area (TPSA) is 113 Å². The number of aliphatic hydroxyl groups excluding tert-OH is 1. The fourth-order valence-electron chi connectivity index (χ4n) is 5.30. The van der Waals surface area contributed by atoms with E-state index < -0.39 is 28.3 Å². The number of rotatable bonds is 6. The first-order chi connectivity index (χ1) is 11.7. The van der Waals surface area contributed by atoms with Crippen LogP contribution < -0.4 is 0 Å². The third-order valence-electron chi connectivity index (χ3n) is 5.68. The lowest BCUT2D eigenvalue weighted by Gasteiger charge is -2.61. The van der Waals surface area contributed by atoms with Crippen LogP contribution in [0.4, 0.5) is 0 Å². The van der Waals surface area contributed by atoms with Gasteiger partial charge in [0.25, 0.3) is 0 Å². The Morgan fingerprint density at radius 1 is 1.04 bits per heavy atom. The fourth-order valence-corrected chi connectivity index (χ4v) is 5.30. The summed E-state index contributed by atoms with van der Waals surface area (Å²) in [5.41, 5.74) is -2.73. The number of hydrogen-bond acceptors (Lipinski definition) is 7. The molecular weight excluding hydrogens is 328 g/mol. The Morgan fingerprint density at radius 2 is 1.64 bits per heavy atom. The monoisotopic (exact) mass is 354 g/mol. The van der Waals surface area contributed by atoms with Gasteiger partial charge in [0, 0.05) is 12.8 Å². The molecule has 3 N–H and O–H groups in total. The Balaban J connectivity index is 1.50. The molecule has 140 valence electrons. The average molecular weight is 354 g/mol. The first kappa shape index (κ1) is 18.2. The van der Waals surface area contributed by atoms with Gasteiger partial charge in [-0.05, 0) is 51.0 Å². The lowest BCUT2D eigenvalue weighted by Crippen LogP contribution is -2.65. The molecule has 0 saturated heterocycles. The second kappa shape index (κ2) is 6.29. The number of ether oxygens (including phenoxy) is 2. The molecule has 4 rings (SSSR count). The van der Waals surface area contributed by atoms with E-state index in [9.17, 15) is 19.8 Å². The van der Waals surface area contributed by atoms with Gasteiger partial charge in [0.05, 0.1) is 29.8 Å². The first-order valence-electron chi connectivity index (χ1n) is 8.84. The van der Waals surface area contributed by atoms with E-state index >= 15 is 0 Å². The summed E-state index contributed by atoms with van der Waals surface area (Å²) in [7, 11) is 0. The van der Waals surface area contributed by atoms with Gasteiger partial charge < -0.3 is 24.8 Å². The maximum absolute atomic E-state index is 12.6. The van der Waals surface area contributed by atoms with E-state index in [1.54, 1.807) is 0 Å². The second-order valence-corrected chi connectivity index (χ2v) is 8.04. The van der Waals surface area contributed by atoms with Crippen LogP contribution >= 0.6 is 0 Å². The molecule has 0 radical (unpaired) electrons. The van der Waals surface area contributed by atoms with Gasteiger partial charge in [0.15, 0.2) is 5.76 Å². The van der Waals surface area contributed by atoms with E-state index in [-0.39, 0.29) is 25.1 Å². The Morgan fingerprint density at radius 3 is 2.20 bits per heavy atom. The molecule has 2 atom stereocenters. The van der Waals surface area contributed by atoms with Crippen LogP contribution in [0.15, 0.2) is 11.8 Å². The van der Waals surface area contributed by atoms with E-state index in [0.29, 0.717) is 44.9 Å². The van der Waals surface area contributed by atoms with Crippen molar-refractivity contribution in [3.05, 3.63) is 11.8 Å². The summed E-state index contributed by atoms with van der Waals surface area (Å²) in [6, 6.07) is 0. The molecule has 4 aliphatic carbocycles. The van der Waals surface area contributed by atoms with Crippen molar-refractivity contribution in [2.24, 2.45) is 11.3 Å². The quantitative estimate of drug-likeness (QED) is 0.286. The number of carbonyl (C=O) groups is 2. The van der Waals surface area contributed by atoms with Gasteiger partial charge in [-0.2, -0.15) is 0 Å². The fraction of sp³-hybridized carbons (Fsp3) is 0.778. The molecule has 0 aromatic carbocycles. The van der Waals surface area contributed by atoms with Gasteiger partial charge in [0.2, 0.25) is 0 Å². The van der Waals surface area contributed by atoms with Gasteiger partial charge in [-0.1, -0.05) is 0 Å². The number of esters is 2. The molecule has 4 fully saturated rings. The van der Waals surface area contributed by atoms with Crippen LogP contribution in [0.3, 0.4) is 0 Å². The molecule has 0 spiro atoms. The SMILES string of the molecule is CC=C(O)C(=O)OCCCOC(=O)C12CC3CC(O)(CC(O)(C3)C1)C2. The highest BCUT2D eigenvalue weighted by molar-refractivity contribution is 5.85. The molecular formula is C18H26O7. The Bertz CT molecular complexity index is 578. The zero-order valence-corrected chi connectivity index (χ0v) is 14.5. The largest absolute Gasteiger partial charge is 0.502 e. The molecule has 2 unspecified atom stereocenters. The minimum absolute atomic E-state index is 0.0352. The third-order valence-corrected chi connectivity index (χ3v) is 5.68. The summed E-state index contributed by atoms with van der Waals surface area (Å²) in [5, 5.41) is 30.5. The third kappa shape index (κ3) is 3.53. The number of carbonyl (C=O) groups excluding carboxylic acids is 2. The number of aliphatic hydroxyl groups is 3. The molecule has 0 heterocycles. The molecule has 4 bridgehead atoms. The summed E-state index contributed by atoms with van der Waals surface area (Å²) in [4.78, 5) is 23.9. The summed E-state index contributed by atoms with van der Waals surface area (Å²) in [5.74, 6) is -1.48. The lowest BCUT2D eigenvalue weighted by molar-refractivity contribution is -0.237. The van der Waals surface area contributed by atoms with Crippen LogP contribution in [-0.2, 0) is 19.1 Å². The van der Waals surface area contributed by atoms with Crippen LogP contribution in [0, 0.1) is 11.3 Å². The zero-order valence-electron chi connectivity index (χ0n) is 14.5. The minimum atomic E-state index is -0.966. The normalized spacial score (nSPS) is 39.3. The van der Waals surface area contributed by atoms with Crippen LogP contribution in [0.2, 0.25) is 0 Å². The van der Waals surface area contributed by atoms with Gasteiger partial charge in [0.1, 0.15) is 0 Å². The Hall–Kier alpha value is -1.60. The lowest BCUT2D eigenvalue weighted by atomic mass is 9.46. The van der Waals surface area contributed by atoms with E-state index in [4.69, 9.17) is 14.6 Å². The standard InChI is InChI=1S/C18H26O7/c1-2-13(19)14(20)24-4-3-5-25-15(21)16-6-12-7-17(22,9-16)11-18(23,8-12)10-16/h2,12,19,22-23H,3-11H2,1H3. The van der Waals surface area contributed by atoms with Crippen LogP contribution in [0.5, 0.6) is 0 Å². The molecule has 4 aliphatic rings. The molecule has 0 aromatic rings. The van der Waals surface area contributed by atoms with Crippen LogP contribution in [0.25, 0.3) is 0 Å². The van der Waals surface area contributed by atoms with Gasteiger partial charge >= 0.3 is 11.9 Å². The highest BCUT2D eigenvalue weighted by atomic mass is 16.6. The van der Waals surface area contributed by atoms with E-state index in [1.165, 1.54) is 13.0 Å². The molecule has 0 amide bonds.